The molecule has 0 radical (unpaired) electrons. The standard InChI is InChI=1S/C25H24N2O5/c1-25(24(30)31,32-18-29)23-26-14-15-27(23)17-22-12-10-21(11-13-22)9-8-20-6-4-19(5-7-20)3-2-16-28/h4-7,10-15,18,28H,2-3,16-17H2,1H3,(H,30,31). The Labute approximate surface area is 186 Å². The second kappa shape index (κ2) is 10.4. The average molecular weight is 432 g/mol. The first-order valence-electron chi connectivity index (χ1n) is 10.1. The molecule has 1 aromatic heterocycles. The predicted octanol–water partition coefficient (Wildman–Crippen LogP) is 2.73. The lowest BCUT2D eigenvalue weighted by atomic mass is 10.1. The lowest BCUT2D eigenvalue weighted by Crippen LogP contribution is -2.38. The third kappa shape index (κ3) is 5.42. The number of aliphatic hydroxyl groups is 1. The molecule has 0 bridgehead atoms. The van der Waals surface area contributed by atoms with Crippen LogP contribution in [0.5, 0.6) is 0 Å². The molecule has 164 valence electrons. The number of ether oxygens (including phenoxy) is 1. The summed E-state index contributed by atoms with van der Waals surface area (Å²) in [5, 5.41) is 18.4. The zero-order chi connectivity index (χ0) is 23.0. The molecule has 1 atom stereocenters. The summed E-state index contributed by atoms with van der Waals surface area (Å²) in [7, 11) is 0. The van der Waals surface area contributed by atoms with Crippen LogP contribution in [-0.4, -0.2) is 38.8 Å². The first kappa shape index (κ1) is 22.8. The van der Waals surface area contributed by atoms with Crippen LogP contribution in [0.3, 0.4) is 0 Å². The monoisotopic (exact) mass is 432 g/mol. The first-order chi connectivity index (χ1) is 15.5. The zero-order valence-corrected chi connectivity index (χ0v) is 17.7. The van der Waals surface area contributed by atoms with E-state index in [9.17, 15) is 14.7 Å². The van der Waals surface area contributed by atoms with Crippen LogP contribution >= 0.6 is 0 Å². The van der Waals surface area contributed by atoms with Crippen molar-refractivity contribution in [3.05, 3.63) is 89.0 Å². The van der Waals surface area contributed by atoms with Gasteiger partial charge >= 0.3 is 5.97 Å². The Morgan fingerprint density at radius 2 is 1.69 bits per heavy atom. The van der Waals surface area contributed by atoms with E-state index >= 15 is 0 Å². The van der Waals surface area contributed by atoms with Gasteiger partial charge in [0.05, 0.1) is 0 Å². The summed E-state index contributed by atoms with van der Waals surface area (Å²) in [6.45, 7) is 1.96. The average Bonchev–Trinajstić information content (AvgIpc) is 3.26. The molecular formula is C25H24N2O5. The van der Waals surface area contributed by atoms with E-state index in [1.165, 1.54) is 18.7 Å². The number of hydrogen-bond donors (Lipinski definition) is 2. The number of carboxylic acids is 1. The van der Waals surface area contributed by atoms with Crippen molar-refractivity contribution in [2.45, 2.75) is 31.9 Å². The molecule has 7 nitrogen and oxygen atoms in total. The molecule has 0 saturated carbocycles. The van der Waals surface area contributed by atoms with Crippen molar-refractivity contribution in [3.63, 3.8) is 0 Å². The number of aliphatic hydroxyl groups excluding tert-OH is 1. The summed E-state index contributed by atoms with van der Waals surface area (Å²) in [4.78, 5) is 26.5. The Kier molecular flexibility index (Phi) is 7.42. The van der Waals surface area contributed by atoms with Gasteiger partial charge in [0.1, 0.15) is 0 Å². The molecule has 0 amide bonds. The van der Waals surface area contributed by atoms with Gasteiger partial charge in [0, 0.05) is 36.7 Å². The molecular weight excluding hydrogens is 408 g/mol. The SMILES string of the molecule is CC(OC=O)(C(=O)O)c1nccn1Cc1ccc(C#Cc2ccc(CCCO)cc2)cc1. The van der Waals surface area contributed by atoms with Crippen LogP contribution in [0, 0.1) is 11.8 Å². The van der Waals surface area contributed by atoms with Gasteiger partial charge in [-0.1, -0.05) is 36.1 Å². The molecule has 7 heteroatoms. The minimum atomic E-state index is -1.87. The topological polar surface area (TPSA) is 102 Å². The second-order valence-corrected chi connectivity index (χ2v) is 7.40. The number of rotatable bonds is 9. The summed E-state index contributed by atoms with van der Waals surface area (Å²) in [5.41, 5.74) is 1.98. The highest BCUT2D eigenvalue weighted by Gasteiger charge is 2.41. The number of aromatic nitrogens is 2. The molecule has 3 rings (SSSR count). The fraction of sp³-hybridized carbons (Fsp3) is 0.240. The molecule has 1 unspecified atom stereocenters. The number of aryl methyl sites for hydroxylation is 1. The molecule has 3 aromatic rings. The van der Waals surface area contributed by atoms with Crippen molar-refractivity contribution in [2.75, 3.05) is 6.61 Å². The maximum atomic E-state index is 11.7. The van der Waals surface area contributed by atoms with Crippen molar-refractivity contribution in [1.82, 2.24) is 9.55 Å². The Bertz CT molecular complexity index is 1120. The molecule has 0 aliphatic heterocycles. The molecule has 0 fully saturated rings. The van der Waals surface area contributed by atoms with Crippen molar-refractivity contribution in [2.24, 2.45) is 0 Å². The van der Waals surface area contributed by atoms with Gasteiger partial charge in [0.2, 0.25) is 0 Å². The van der Waals surface area contributed by atoms with Gasteiger partial charge < -0.3 is 19.5 Å². The number of hydrogen-bond acceptors (Lipinski definition) is 5. The van der Waals surface area contributed by atoms with E-state index in [-0.39, 0.29) is 18.9 Å². The van der Waals surface area contributed by atoms with Crippen molar-refractivity contribution in [3.8, 4) is 11.8 Å². The number of nitrogens with zero attached hydrogens (tertiary/aromatic N) is 2. The quantitative estimate of drug-likeness (QED) is 0.398. The summed E-state index contributed by atoms with van der Waals surface area (Å²) < 4.78 is 6.48. The van der Waals surface area contributed by atoms with Crippen LogP contribution in [0.15, 0.2) is 60.9 Å². The van der Waals surface area contributed by atoms with Crippen LogP contribution in [0.1, 0.15) is 41.4 Å². The molecule has 0 saturated heterocycles. The summed E-state index contributed by atoms with van der Waals surface area (Å²) in [6, 6.07) is 15.6. The van der Waals surface area contributed by atoms with Gasteiger partial charge in [-0.05, 0) is 55.2 Å². The Hall–Kier alpha value is -3.89. The minimum absolute atomic E-state index is 0.114. The van der Waals surface area contributed by atoms with E-state index in [0.29, 0.717) is 6.54 Å². The lowest BCUT2D eigenvalue weighted by molar-refractivity contribution is -0.171. The molecule has 2 aromatic carbocycles. The van der Waals surface area contributed by atoms with Crippen LogP contribution < -0.4 is 0 Å². The Morgan fingerprint density at radius 1 is 1.09 bits per heavy atom. The van der Waals surface area contributed by atoms with Gasteiger partial charge in [-0.2, -0.15) is 0 Å². The molecule has 0 spiro atoms. The van der Waals surface area contributed by atoms with Crippen LogP contribution in [0.25, 0.3) is 0 Å². The highest BCUT2D eigenvalue weighted by Crippen LogP contribution is 2.24. The number of carboxylic acid groups (broad SMARTS) is 1. The highest BCUT2D eigenvalue weighted by atomic mass is 16.6. The summed E-state index contributed by atoms with van der Waals surface area (Å²) >= 11 is 0. The first-order valence-corrected chi connectivity index (χ1v) is 10.1. The van der Waals surface area contributed by atoms with Crippen molar-refractivity contribution < 1.29 is 24.5 Å². The van der Waals surface area contributed by atoms with Gasteiger partial charge in [0.15, 0.2) is 5.82 Å². The highest BCUT2D eigenvalue weighted by molar-refractivity contribution is 5.79. The second-order valence-electron chi connectivity index (χ2n) is 7.40. The largest absolute Gasteiger partial charge is 0.478 e. The Morgan fingerprint density at radius 3 is 2.22 bits per heavy atom. The summed E-state index contributed by atoms with van der Waals surface area (Å²) in [6.07, 6.45) is 4.71. The smallest absolute Gasteiger partial charge is 0.355 e. The van der Waals surface area contributed by atoms with Crippen molar-refractivity contribution in [1.29, 1.82) is 0 Å². The van der Waals surface area contributed by atoms with Gasteiger partial charge in [-0.25, -0.2) is 9.78 Å². The third-order valence-corrected chi connectivity index (χ3v) is 5.07. The zero-order valence-electron chi connectivity index (χ0n) is 17.7. The van der Waals surface area contributed by atoms with E-state index in [0.717, 1.165) is 29.5 Å². The van der Waals surface area contributed by atoms with Crippen LogP contribution in [0.2, 0.25) is 0 Å². The number of imidazole rings is 1. The fourth-order valence-electron chi connectivity index (χ4n) is 3.22. The predicted molar refractivity (Wildman–Crippen MR) is 118 cm³/mol. The fourth-order valence-corrected chi connectivity index (χ4v) is 3.22. The molecule has 0 aliphatic rings. The van der Waals surface area contributed by atoms with E-state index in [1.54, 1.807) is 10.8 Å². The van der Waals surface area contributed by atoms with Gasteiger partial charge in [0.25, 0.3) is 12.1 Å². The molecule has 1 heterocycles. The maximum absolute atomic E-state index is 11.7. The normalized spacial score (nSPS) is 12.3. The number of aliphatic carboxylic acids is 1. The van der Waals surface area contributed by atoms with Gasteiger partial charge in [-0.15, -0.1) is 0 Å². The Balaban J connectivity index is 1.71. The lowest BCUT2D eigenvalue weighted by Gasteiger charge is -2.23. The minimum Gasteiger partial charge on any atom is -0.478 e. The van der Waals surface area contributed by atoms with E-state index in [4.69, 9.17) is 9.84 Å². The van der Waals surface area contributed by atoms with E-state index < -0.39 is 11.6 Å². The van der Waals surface area contributed by atoms with Gasteiger partial charge in [-0.3, -0.25) is 4.79 Å². The molecule has 32 heavy (non-hydrogen) atoms. The summed E-state index contributed by atoms with van der Waals surface area (Å²) in [5.74, 6) is 5.09. The molecule has 0 aliphatic carbocycles. The van der Waals surface area contributed by atoms with Crippen LogP contribution in [0.4, 0.5) is 0 Å². The number of benzene rings is 2. The van der Waals surface area contributed by atoms with Crippen LogP contribution in [-0.2, 0) is 32.9 Å². The maximum Gasteiger partial charge on any atom is 0.355 e. The third-order valence-electron chi connectivity index (χ3n) is 5.07. The molecule has 2 N–H and O–H groups in total. The van der Waals surface area contributed by atoms with E-state index in [2.05, 4.69) is 16.8 Å². The van der Waals surface area contributed by atoms with E-state index in [1.807, 2.05) is 48.5 Å². The number of carbonyl (C=O) groups is 2. The van der Waals surface area contributed by atoms with Crippen molar-refractivity contribution >= 4 is 12.4 Å². The number of carbonyl (C=O) groups excluding carboxylic acids is 1.